The molecule has 5 nitrogen and oxygen atoms in total. The Morgan fingerprint density at radius 3 is 2.68 bits per heavy atom. The van der Waals surface area contributed by atoms with Gasteiger partial charge in [-0.25, -0.2) is 9.97 Å². The first-order valence-electron chi connectivity index (χ1n) is 8.45. The lowest BCUT2D eigenvalue weighted by Gasteiger charge is -2.10. The number of benzene rings is 1. The van der Waals surface area contributed by atoms with E-state index < -0.39 is 0 Å². The van der Waals surface area contributed by atoms with Crippen LogP contribution in [0, 0.1) is 0 Å². The second-order valence-corrected chi connectivity index (χ2v) is 6.44. The van der Waals surface area contributed by atoms with Crippen molar-refractivity contribution in [1.29, 1.82) is 0 Å². The van der Waals surface area contributed by atoms with Crippen LogP contribution in [-0.4, -0.2) is 19.5 Å². The molecule has 5 rings (SSSR count). The van der Waals surface area contributed by atoms with E-state index in [1.165, 1.54) is 18.4 Å². The van der Waals surface area contributed by atoms with Gasteiger partial charge in [0.1, 0.15) is 11.6 Å². The number of hydrogen-bond donors (Lipinski definition) is 1. The van der Waals surface area contributed by atoms with E-state index in [2.05, 4.69) is 32.7 Å². The van der Waals surface area contributed by atoms with E-state index in [1.807, 2.05) is 30.5 Å². The lowest BCUT2D eigenvalue weighted by atomic mass is 10.1. The third-order valence-electron chi connectivity index (χ3n) is 4.71. The fourth-order valence-corrected chi connectivity index (χ4v) is 3.30. The van der Waals surface area contributed by atoms with Gasteiger partial charge in [0, 0.05) is 12.4 Å². The molecular formula is C20H17N5. The molecule has 25 heavy (non-hydrogen) atoms. The molecule has 0 bridgehead atoms. The molecule has 0 aliphatic heterocycles. The van der Waals surface area contributed by atoms with Crippen LogP contribution in [0.5, 0.6) is 0 Å². The van der Waals surface area contributed by atoms with Gasteiger partial charge < -0.3 is 5.73 Å². The molecule has 0 saturated heterocycles. The molecule has 1 saturated carbocycles. The van der Waals surface area contributed by atoms with E-state index in [4.69, 9.17) is 10.7 Å². The van der Waals surface area contributed by atoms with Gasteiger partial charge in [0.05, 0.1) is 28.5 Å². The Hall–Kier alpha value is -3.21. The van der Waals surface area contributed by atoms with Crippen molar-refractivity contribution >= 4 is 16.9 Å². The lowest BCUT2D eigenvalue weighted by Crippen LogP contribution is -2.01. The summed E-state index contributed by atoms with van der Waals surface area (Å²) in [4.78, 5) is 13.4. The first-order chi connectivity index (χ1) is 12.3. The zero-order chi connectivity index (χ0) is 16.8. The second kappa shape index (κ2) is 5.41. The Kier molecular flexibility index (Phi) is 3.06. The summed E-state index contributed by atoms with van der Waals surface area (Å²) in [6.45, 7) is 0. The van der Waals surface area contributed by atoms with Crippen LogP contribution in [0.3, 0.4) is 0 Å². The number of aromatic nitrogens is 4. The van der Waals surface area contributed by atoms with Gasteiger partial charge in [-0.1, -0.05) is 6.07 Å². The molecule has 2 N–H and O–H groups in total. The molecule has 1 fully saturated rings. The highest BCUT2D eigenvalue weighted by molar-refractivity contribution is 5.85. The predicted molar refractivity (Wildman–Crippen MR) is 98.5 cm³/mol. The van der Waals surface area contributed by atoms with Crippen LogP contribution in [0.4, 0.5) is 5.82 Å². The maximum atomic E-state index is 6.13. The summed E-state index contributed by atoms with van der Waals surface area (Å²) >= 11 is 0. The number of rotatable bonds is 3. The molecule has 1 aromatic carbocycles. The lowest BCUT2D eigenvalue weighted by molar-refractivity contribution is 1.07. The molecule has 3 aromatic heterocycles. The Balaban J connectivity index is 1.83. The van der Waals surface area contributed by atoms with Crippen LogP contribution in [0.25, 0.3) is 28.1 Å². The van der Waals surface area contributed by atoms with Gasteiger partial charge in [0.2, 0.25) is 0 Å². The molecule has 3 heterocycles. The maximum Gasteiger partial charge on any atom is 0.149 e. The number of nitrogens with zero attached hydrogens (tertiary/aromatic N) is 4. The number of nitrogens with two attached hydrogens (primary N) is 1. The minimum Gasteiger partial charge on any atom is -0.383 e. The molecule has 1 aliphatic rings. The Labute approximate surface area is 145 Å². The van der Waals surface area contributed by atoms with Crippen molar-refractivity contribution in [3.05, 3.63) is 66.6 Å². The Morgan fingerprint density at radius 2 is 1.92 bits per heavy atom. The highest BCUT2D eigenvalue weighted by Crippen LogP contribution is 2.41. The van der Waals surface area contributed by atoms with Crippen molar-refractivity contribution in [2.45, 2.75) is 18.8 Å². The zero-order valence-electron chi connectivity index (χ0n) is 13.6. The van der Waals surface area contributed by atoms with Crippen LogP contribution in [-0.2, 0) is 0 Å². The smallest absolute Gasteiger partial charge is 0.149 e. The van der Waals surface area contributed by atoms with Crippen LogP contribution >= 0.6 is 0 Å². The van der Waals surface area contributed by atoms with Gasteiger partial charge in [-0.3, -0.25) is 9.55 Å². The number of pyridine rings is 2. The predicted octanol–water partition coefficient (Wildman–Crippen LogP) is 3.94. The van der Waals surface area contributed by atoms with E-state index in [9.17, 15) is 0 Å². The normalized spacial score (nSPS) is 14.1. The van der Waals surface area contributed by atoms with Gasteiger partial charge in [0.25, 0.3) is 0 Å². The van der Waals surface area contributed by atoms with Crippen molar-refractivity contribution in [3.8, 4) is 17.1 Å². The summed E-state index contributed by atoms with van der Waals surface area (Å²) in [5.41, 5.74) is 11.3. The van der Waals surface area contributed by atoms with Crippen molar-refractivity contribution in [1.82, 2.24) is 19.5 Å². The van der Waals surface area contributed by atoms with E-state index in [0.29, 0.717) is 11.7 Å². The molecule has 0 unspecified atom stereocenters. The van der Waals surface area contributed by atoms with E-state index in [1.54, 1.807) is 12.4 Å². The van der Waals surface area contributed by atoms with E-state index in [-0.39, 0.29) is 0 Å². The van der Waals surface area contributed by atoms with E-state index >= 15 is 0 Å². The second-order valence-electron chi connectivity index (χ2n) is 6.44. The molecule has 0 atom stereocenters. The number of fused-ring (bicyclic) bond motifs is 1. The highest BCUT2D eigenvalue weighted by atomic mass is 15.1. The number of nitrogen functional groups attached to an aromatic ring is 1. The van der Waals surface area contributed by atoms with Gasteiger partial charge >= 0.3 is 0 Å². The fraction of sp³-hybridized carbons (Fsp3) is 0.150. The van der Waals surface area contributed by atoms with Gasteiger partial charge in [-0.15, -0.1) is 0 Å². The topological polar surface area (TPSA) is 69.6 Å². The molecule has 122 valence electrons. The summed E-state index contributed by atoms with van der Waals surface area (Å²) < 4.78 is 2.13. The minimum absolute atomic E-state index is 0.477. The van der Waals surface area contributed by atoms with Crippen LogP contribution in [0.15, 0.2) is 61.1 Å². The Morgan fingerprint density at radius 1 is 1.04 bits per heavy atom. The molecular weight excluding hydrogens is 310 g/mol. The minimum atomic E-state index is 0.477. The maximum absolute atomic E-state index is 6.13. The first-order valence-corrected chi connectivity index (χ1v) is 8.45. The number of imidazole rings is 1. The average Bonchev–Trinajstić information content (AvgIpc) is 3.43. The average molecular weight is 327 g/mol. The zero-order valence-corrected chi connectivity index (χ0v) is 13.6. The molecule has 0 radical (unpaired) electrons. The SMILES string of the molecule is Nc1ncccc1-c1nc2ccc(C3CC3)cc2n1-c1cccnc1. The molecule has 0 spiro atoms. The number of anilines is 1. The first kappa shape index (κ1) is 14.2. The van der Waals surface area contributed by atoms with Gasteiger partial charge in [-0.05, 0) is 60.7 Å². The van der Waals surface area contributed by atoms with Crippen molar-refractivity contribution in [2.24, 2.45) is 0 Å². The summed E-state index contributed by atoms with van der Waals surface area (Å²) in [7, 11) is 0. The summed E-state index contributed by atoms with van der Waals surface area (Å²) in [6, 6.07) is 14.4. The fourth-order valence-electron chi connectivity index (χ4n) is 3.30. The third kappa shape index (κ3) is 2.36. The largest absolute Gasteiger partial charge is 0.383 e. The van der Waals surface area contributed by atoms with Crippen molar-refractivity contribution in [3.63, 3.8) is 0 Å². The number of hydrogen-bond acceptors (Lipinski definition) is 4. The van der Waals surface area contributed by atoms with Gasteiger partial charge in [-0.2, -0.15) is 0 Å². The highest BCUT2D eigenvalue weighted by Gasteiger charge is 2.25. The standard InChI is InChI=1S/C20H17N5/c21-19-16(4-2-10-23-19)20-24-17-8-7-14(13-5-6-13)11-18(17)25(20)15-3-1-9-22-12-15/h1-4,7-13H,5-6H2,(H2,21,23). The van der Waals surface area contributed by atoms with E-state index in [0.717, 1.165) is 28.1 Å². The van der Waals surface area contributed by atoms with Crippen molar-refractivity contribution < 1.29 is 0 Å². The Bertz CT molecular complexity index is 1060. The third-order valence-corrected chi connectivity index (χ3v) is 4.71. The van der Waals surface area contributed by atoms with Crippen LogP contribution in [0.1, 0.15) is 24.3 Å². The molecule has 5 heteroatoms. The molecule has 1 aliphatic carbocycles. The van der Waals surface area contributed by atoms with Crippen molar-refractivity contribution in [2.75, 3.05) is 5.73 Å². The summed E-state index contributed by atoms with van der Waals surface area (Å²) in [6.07, 6.45) is 7.86. The molecule has 4 aromatic rings. The quantitative estimate of drug-likeness (QED) is 0.619. The van der Waals surface area contributed by atoms with Crippen LogP contribution < -0.4 is 5.73 Å². The summed E-state index contributed by atoms with van der Waals surface area (Å²) in [5, 5.41) is 0. The molecule has 0 amide bonds. The van der Waals surface area contributed by atoms with Gasteiger partial charge in [0.15, 0.2) is 0 Å². The van der Waals surface area contributed by atoms with Crippen LogP contribution in [0.2, 0.25) is 0 Å². The monoisotopic (exact) mass is 327 g/mol. The summed E-state index contributed by atoms with van der Waals surface area (Å²) in [5.74, 6) is 1.96.